The number of nitrogens with zero attached hydrogens (tertiary/aromatic N) is 1. The lowest BCUT2D eigenvalue weighted by Gasteiger charge is -2.47. The van der Waals surface area contributed by atoms with Gasteiger partial charge in [-0.15, -0.1) is 0 Å². The molecule has 1 aliphatic heterocycles. The van der Waals surface area contributed by atoms with Gasteiger partial charge in [-0.1, -0.05) is 12.7 Å². The van der Waals surface area contributed by atoms with Crippen LogP contribution in [0, 0.1) is 0 Å². The summed E-state index contributed by atoms with van der Waals surface area (Å²) in [7, 11) is 0. The number of rotatable bonds is 4. The van der Waals surface area contributed by atoms with Gasteiger partial charge in [0.05, 0.1) is 17.7 Å². The van der Waals surface area contributed by atoms with E-state index in [1.807, 2.05) is 27.7 Å². The monoisotopic (exact) mass is 283 g/mol. The van der Waals surface area contributed by atoms with Gasteiger partial charge in [-0.25, -0.2) is 4.79 Å². The Bertz CT molecular complexity index is 437. The Hall–Kier alpha value is -1.17. The molecule has 20 heavy (non-hydrogen) atoms. The van der Waals surface area contributed by atoms with Gasteiger partial charge in [0.2, 0.25) is 0 Å². The summed E-state index contributed by atoms with van der Waals surface area (Å²) in [5.41, 5.74) is -0.476. The minimum atomic E-state index is -1.08. The van der Waals surface area contributed by atoms with Crippen LogP contribution in [0.3, 0.4) is 0 Å². The van der Waals surface area contributed by atoms with Crippen LogP contribution in [0.1, 0.15) is 41.0 Å². The number of carbonyl (C=O) groups excluding carboxylic acids is 1. The van der Waals surface area contributed by atoms with Crippen LogP contribution in [0.4, 0.5) is 0 Å². The van der Waals surface area contributed by atoms with Gasteiger partial charge >= 0.3 is 5.97 Å². The Labute approximate surface area is 120 Å². The van der Waals surface area contributed by atoms with Gasteiger partial charge in [0.25, 0.3) is 0 Å². The van der Waals surface area contributed by atoms with Crippen molar-refractivity contribution in [3.05, 3.63) is 23.8 Å². The average Bonchev–Trinajstić information content (AvgIpc) is 2.33. The number of hydroxylamine groups is 2. The van der Waals surface area contributed by atoms with Crippen molar-refractivity contribution in [3.63, 3.8) is 0 Å². The average molecular weight is 283 g/mol. The van der Waals surface area contributed by atoms with Gasteiger partial charge in [0.1, 0.15) is 6.10 Å². The maximum absolute atomic E-state index is 11.6. The van der Waals surface area contributed by atoms with Crippen molar-refractivity contribution < 1.29 is 19.8 Å². The SMILES string of the molecule is C=C(C(=O)OCC)C(O)C1=CC(C)(C)N(O)C(C)(C)C1. The van der Waals surface area contributed by atoms with Crippen LogP contribution in [-0.4, -0.2) is 45.1 Å². The number of aliphatic hydroxyl groups is 1. The molecule has 5 nitrogen and oxygen atoms in total. The van der Waals surface area contributed by atoms with E-state index in [0.717, 1.165) is 0 Å². The van der Waals surface area contributed by atoms with E-state index in [1.54, 1.807) is 13.0 Å². The summed E-state index contributed by atoms with van der Waals surface area (Å²) in [6, 6.07) is 0. The van der Waals surface area contributed by atoms with Gasteiger partial charge in [-0.3, -0.25) is 0 Å². The van der Waals surface area contributed by atoms with Gasteiger partial charge in [-0.05, 0) is 46.6 Å². The standard InChI is InChI=1S/C15H25NO4/c1-7-20-13(18)10(2)12(17)11-8-14(3,4)16(19)15(5,6)9-11/h8,12,17,19H,2,7,9H2,1,3-6H3. The second-order valence-corrected chi connectivity index (χ2v) is 6.32. The van der Waals surface area contributed by atoms with E-state index in [4.69, 9.17) is 4.74 Å². The van der Waals surface area contributed by atoms with Crippen LogP contribution in [0.2, 0.25) is 0 Å². The molecule has 1 heterocycles. The first-order chi connectivity index (χ1) is 9.03. The zero-order valence-electron chi connectivity index (χ0n) is 12.9. The summed E-state index contributed by atoms with van der Waals surface area (Å²) >= 11 is 0. The van der Waals surface area contributed by atoms with E-state index in [2.05, 4.69) is 6.58 Å². The molecule has 0 bridgehead atoms. The van der Waals surface area contributed by atoms with Gasteiger partial charge < -0.3 is 15.1 Å². The zero-order chi connectivity index (χ0) is 15.7. The van der Waals surface area contributed by atoms with Gasteiger partial charge in [-0.2, -0.15) is 5.06 Å². The largest absolute Gasteiger partial charge is 0.463 e. The molecule has 5 heteroatoms. The number of aliphatic hydroxyl groups excluding tert-OH is 1. The molecule has 0 amide bonds. The Morgan fingerprint density at radius 2 is 2.05 bits per heavy atom. The summed E-state index contributed by atoms with van der Waals surface area (Å²) in [4.78, 5) is 11.6. The summed E-state index contributed by atoms with van der Waals surface area (Å²) in [6.45, 7) is 13.0. The van der Waals surface area contributed by atoms with Crippen LogP contribution in [0.5, 0.6) is 0 Å². The van der Waals surface area contributed by atoms with Crippen molar-refractivity contribution in [2.24, 2.45) is 0 Å². The Balaban J connectivity index is 3.02. The van der Waals surface area contributed by atoms with Crippen molar-refractivity contribution in [1.82, 2.24) is 5.06 Å². The summed E-state index contributed by atoms with van der Waals surface area (Å²) in [6.07, 6.45) is 1.13. The lowest BCUT2D eigenvalue weighted by molar-refractivity contribution is -0.215. The Kier molecular flexibility index (Phi) is 4.79. The topological polar surface area (TPSA) is 70.0 Å². The first-order valence-corrected chi connectivity index (χ1v) is 6.77. The molecule has 0 fully saturated rings. The lowest BCUT2D eigenvalue weighted by atomic mass is 9.80. The van der Waals surface area contributed by atoms with Crippen LogP contribution in [0.25, 0.3) is 0 Å². The van der Waals surface area contributed by atoms with E-state index in [9.17, 15) is 15.1 Å². The van der Waals surface area contributed by atoms with Gasteiger partial charge in [0, 0.05) is 5.54 Å². The number of esters is 1. The highest BCUT2D eigenvalue weighted by Gasteiger charge is 2.42. The number of hydrogen-bond donors (Lipinski definition) is 2. The number of carbonyl (C=O) groups is 1. The predicted octanol–water partition coefficient (Wildman–Crippen LogP) is 2.05. The molecular weight excluding hydrogens is 258 g/mol. The van der Waals surface area contributed by atoms with Crippen molar-refractivity contribution in [1.29, 1.82) is 0 Å². The maximum Gasteiger partial charge on any atom is 0.336 e. The molecule has 0 radical (unpaired) electrons. The van der Waals surface area contributed by atoms with E-state index < -0.39 is 23.2 Å². The molecule has 0 aromatic carbocycles. The fraction of sp³-hybridized carbons (Fsp3) is 0.667. The summed E-state index contributed by atoms with van der Waals surface area (Å²) in [5.74, 6) is -0.594. The van der Waals surface area contributed by atoms with Crippen LogP contribution < -0.4 is 0 Å². The molecule has 1 rings (SSSR count). The highest BCUT2D eigenvalue weighted by molar-refractivity contribution is 5.89. The first-order valence-electron chi connectivity index (χ1n) is 6.77. The number of ether oxygens (including phenoxy) is 1. The summed E-state index contributed by atoms with van der Waals surface area (Å²) < 4.78 is 4.86. The van der Waals surface area contributed by atoms with Crippen molar-refractivity contribution in [2.75, 3.05) is 6.61 Å². The molecule has 0 saturated carbocycles. The third-order valence-corrected chi connectivity index (χ3v) is 3.51. The summed E-state index contributed by atoms with van der Waals surface area (Å²) in [5, 5.41) is 21.8. The van der Waals surface area contributed by atoms with Crippen LogP contribution in [-0.2, 0) is 9.53 Å². The zero-order valence-corrected chi connectivity index (χ0v) is 12.9. The molecule has 0 aromatic heterocycles. The maximum atomic E-state index is 11.6. The Morgan fingerprint density at radius 3 is 2.50 bits per heavy atom. The van der Waals surface area contributed by atoms with Crippen LogP contribution >= 0.6 is 0 Å². The third kappa shape index (κ3) is 3.29. The normalized spacial score (nSPS) is 22.9. The van der Waals surface area contributed by atoms with E-state index in [0.29, 0.717) is 12.0 Å². The van der Waals surface area contributed by atoms with Crippen LogP contribution in [0.15, 0.2) is 23.8 Å². The molecule has 1 aliphatic rings. The molecule has 1 atom stereocenters. The van der Waals surface area contributed by atoms with Gasteiger partial charge in [0.15, 0.2) is 0 Å². The van der Waals surface area contributed by atoms with E-state index >= 15 is 0 Å². The molecule has 114 valence electrons. The van der Waals surface area contributed by atoms with Crippen molar-refractivity contribution >= 4 is 5.97 Å². The molecule has 1 unspecified atom stereocenters. The minimum absolute atomic E-state index is 0.0242. The fourth-order valence-electron chi connectivity index (χ4n) is 2.66. The lowest BCUT2D eigenvalue weighted by Crippen LogP contribution is -2.56. The van der Waals surface area contributed by atoms with Crippen molar-refractivity contribution in [2.45, 2.75) is 58.2 Å². The number of hydrogen-bond acceptors (Lipinski definition) is 5. The second kappa shape index (κ2) is 5.68. The van der Waals surface area contributed by atoms with E-state index in [-0.39, 0.29) is 12.2 Å². The molecular formula is C15H25NO4. The fourth-order valence-corrected chi connectivity index (χ4v) is 2.66. The highest BCUT2D eigenvalue weighted by atomic mass is 16.5. The highest BCUT2D eigenvalue weighted by Crippen LogP contribution is 2.37. The molecule has 0 saturated heterocycles. The molecule has 0 spiro atoms. The van der Waals surface area contributed by atoms with E-state index in [1.165, 1.54) is 5.06 Å². The second-order valence-electron chi connectivity index (χ2n) is 6.32. The predicted molar refractivity (Wildman–Crippen MR) is 76.3 cm³/mol. The molecule has 0 aromatic rings. The first kappa shape index (κ1) is 16.9. The van der Waals surface area contributed by atoms with Crippen molar-refractivity contribution in [3.8, 4) is 0 Å². The quantitative estimate of drug-likeness (QED) is 0.469. The smallest absolute Gasteiger partial charge is 0.336 e. The third-order valence-electron chi connectivity index (χ3n) is 3.51. The molecule has 2 N–H and O–H groups in total. The minimum Gasteiger partial charge on any atom is -0.463 e. The molecule has 0 aliphatic carbocycles. The Morgan fingerprint density at radius 1 is 1.50 bits per heavy atom.